The van der Waals surface area contributed by atoms with E-state index in [-0.39, 0.29) is 36.6 Å². The molecule has 2 fully saturated rings. The van der Waals surface area contributed by atoms with Gasteiger partial charge in [0, 0.05) is 44.9 Å². The largest absolute Gasteiger partial charge is 0.336 e. The van der Waals surface area contributed by atoms with Crippen LogP contribution in [0, 0.1) is 6.92 Å². The summed E-state index contributed by atoms with van der Waals surface area (Å²) in [5.74, 6) is -0.533. The number of nitrogens with zero attached hydrogens (tertiary/aromatic N) is 4. The van der Waals surface area contributed by atoms with Gasteiger partial charge in [0.15, 0.2) is 0 Å². The Morgan fingerprint density at radius 2 is 1.94 bits per heavy atom. The minimum absolute atomic E-state index is 0.00233. The zero-order chi connectivity index (χ0) is 24.3. The van der Waals surface area contributed by atoms with Crippen LogP contribution in [0.2, 0.25) is 0 Å². The van der Waals surface area contributed by atoms with E-state index < -0.39 is 5.41 Å². The second kappa shape index (κ2) is 10.1. The van der Waals surface area contributed by atoms with E-state index in [1.807, 2.05) is 73.4 Å². The Labute approximate surface area is 201 Å². The average molecular weight is 463 g/mol. The third-order valence-electron chi connectivity index (χ3n) is 7.19. The Hall–Kier alpha value is -3.06. The van der Waals surface area contributed by atoms with Crippen LogP contribution in [0.1, 0.15) is 54.8 Å². The summed E-state index contributed by atoms with van der Waals surface area (Å²) in [6.07, 6.45) is 6.43. The first kappa shape index (κ1) is 24.1. The summed E-state index contributed by atoms with van der Waals surface area (Å²) in [5, 5.41) is 0. The predicted molar refractivity (Wildman–Crippen MR) is 130 cm³/mol. The summed E-state index contributed by atoms with van der Waals surface area (Å²) in [6.45, 7) is 3.51. The van der Waals surface area contributed by atoms with Gasteiger partial charge in [-0.3, -0.25) is 24.3 Å². The first-order chi connectivity index (χ1) is 16.3. The monoisotopic (exact) mass is 462 g/mol. The van der Waals surface area contributed by atoms with E-state index in [0.29, 0.717) is 19.6 Å². The Kier molecular flexibility index (Phi) is 7.12. The van der Waals surface area contributed by atoms with E-state index in [1.54, 1.807) is 6.20 Å². The highest BCUT2D eigenvalue weighted by Crippen LogP contribution is 2.43. The van der Waals surface area contributed by atoms with Gasteiger partial charge in [-0.05, 0) is 63.0 Å². The molecule has 4 rings (SSSR count). The Balaban J connectivity index is 1.68. The quantitative estimate of drug-likeness (QED) is 0.591. The molecule has 34 heavy (non-hydrogen) atoms. The Morgan fingerprint density at radius 1 is 1.15 bits per heavy atom. The summed E-state index contributed by atoms with van der Waals surface area (Å²) in [4.78, 5) is 50.3. The number of amides is 3. The van der Waals surface area contributed by atoms with Crippen molar-refractivity contribution in [3.8, 4) is 0 Å². The minimum atomic E-state index is -1.16. The number of hydrogen-bond acceptors (Lipinski definition) is 5. The Bertz CT molecular complexity index is 1050. The number of carbonyl (C=O) groups excluding carboxylic acids is 3. The Morgan fingerprint density at radius 3 is 2.65 bits per heavy atom. The molecule has 3 heterocycles. The van der Waals surface area contributed by atoms with Crippen LogP contribution in [-0.2, 0) is 19.8 Å². The lowest BCUT2D eigenvalue weighted by Crippen LogP contribution is -2.46. The maximum Gasteiger partial charge on any atom is 0.240 e. The molecule has 7 nitrogen and oxygen atoms in total. The lowest BCUT2D eigenvalue weighted by molar-refractivity contribution is -0.144. The molecule has 7 heteroatoms. The lowest BCUT2D eigenvalue weighted by Gasteiger charge is -2.38. The van der Waals surface area contributed by atoms with Crippen molar-refractivity contribution < 1.29 is 14.4 Å². The molecular weight excluding hydrogens is 428 g/mol. The van der Waals surface area contributed by atoms with Gasteiger partial charge in [0.25, 0.3) is 0 Å². The zero-order valence-corrected chi connectivity index (χ0v) is 20.4. The number of likely N-dealkylation sites (N-methyl/N-ethyl adjacent to an activating group) is 1. The van der Waals surface area contributed by atoms with Crippen LogP contribution in [0.5, 0.6) is 0 Å². The molecular formula is C27H34N4O3. The van der Waals surface area contributed by atoms with Gasteiger partial charge in [-0.1, -0.05) is 30.3 Å². The van der Waals surface area contributed by atoms with E-state index in [2.05, 4.69) is 4.98 Å². The van der Waals surface area contributed by atoms with Crippen LogP contribution >= 0.6 is 0 Å². The number of piperidine rings is 1. The molecule has 1 aromatic carbocycles. The van der Waals surface area contributed by atoms with Crippen molar-refractivity contribution in [1.82, 2.24) is 19.7 Å². The molecule has 0 N–H and O–H groups in total. The highest BCUT2D eigenvalue weighted by atomic mass is 16.2. The van der Waals surface area contributed by atoms with Crippen molar-refractivity contribution in [1.29, 1.82) is 0 Å². The standard InChI is InChI=1S/C27H34N4O3/c1-20-9-4-5-11-22(20)27(18-25(33)31(26(27)34)16-15-29(2)3)17-24(32)30-14-7-6-12-23(30)21-10-8-13-28-19-21/h4-5,8-11,13,19,23H,6-7,12,14-18H2,1-3H3/t23-,27-/m0/s1. The number of aryl methyl sites for hydroxylation is 1. The first-order valence-electron chi connectivity index (χ1n) is 12.1. The van der Waals surface area contributed by atoms with Gasteiger partial charge in [0.1, 0.15) is 0 Å². The van der Waals surface area contributed by atoms with E-state index in [1.165, 1.54) is 4.90 Å². The summed E-state index contributed by atoms with van der Waals surface area (Å²) < 4.78 is 0. The van der Waals surface area contributed by atoms with E-state index in [4.69, 9.17) is 0 Å². The van der Waals surface area contributed by atoms with Crippen molar-refractivity contribution in [2.24, 2.45) is 0 Å². The second-order valence-corrected chi connectivity index (χ2v) is 9.79. The van der Waals surface area contributed by atoms with Crippen LogP contribution < -0.4 is 0 Å². The molecule has 180 valence electrons. The maximum absolute atomic E-state index is 13.9. The van der Waals surface area contributed by atoms with Crippen LogP contribution in [0.4, 0.5) is 0 Å². The van der Waals surface area contributed by atoms with Crippen LogP contribution in [0.15, 0.2) is 48.8 Å². The highest BCUT2D eigenvalue weighted by molar-refractivity contribution is 6.11. The fourth-order valence-corrected chi connectivity index (χ4v) is 5.39. The summed E-state index contributed by atoms with van der Waals surface area (Å²) in [7, 11) is 3.83. The summed E-state index contributed by atoms with van der Waals surface area (Å²) in [5.41, 5.74) is 1.56. The van der Waals surface area contributed by atoms with Gasteiger partial charge in [0.05, 0.1) is 11.5 Å². The van der Waals surface area contributed by atoms with Gasteiger partial charge in [-0.15, -0.1) is 0 Å². The molecule has 2 aromatic rings. The minimum Gasteiger partial charge on any atom is -0.336 e. The number of imide groups is 1. The molecule has 0 bridgehead atoms. The van der Waals surface area contributed by atoms with E-state index in [0.717, 1.165) is 36.0 Å². The van der Waals surface area contributed by atoms with Crippen molar-refractivity contribution in [3.63, 3.8) is 0 Å². The number of pyridine rings is 1. The van der Waals surface area contributed by atoms with Gasteiger partial charge in [-0.25, -0.2) is 0 Å². The molecule has 0 spiro atoms. The molecule has 0 unspecified atom stereocenters. The summed E-state index contributed by atoms with van der Waals surface area (Å²) >= 11 is 0. The SMILES string of the molecule is Cc1ccccc1[C@]1(CC(=O)N2CCCC[C@H]2c2cccnc2)CC(=O)N(CCN(C)C)C1=O. The predicted octanol–water partition coefficient (Wildman–Crippen LogP) is 3.09. The number of benzene rings is 1. The van der Waals surface area contributed by atoms with Crippen molar-refractivity contribution in [3.05, 3.63) is 65.5 Å². The van der Waals surface area contributed by atoms with E-state index >= 15 is 0 Å². The third-order valence-corrected chi connectivity index (χ3v) is 7.19. The summed E-state index contributed by atoms with van der Waals surface area (Å²) in [6, 6.07) is 11.5. The maximum atomic E-state index is 13.9. The molecule has 2 aliphatic heterocycles. The lowest BCUT2D eigenvalue weighted by atomic mass is 9.73. The molecule has 3 amide bonds. The van der Waals surface area contributed by atoms with Gasteiger partial charge in [-0.2, -0.15) is 0 Å². The topological polar surface area (TPSA) is 73.8 Å². The van der Waals surface area contributed by atoms with Crippen molar-refractivity contribution in [2.45, 2.75) is 50.5 Å². The van der Waals surface area contributed by atoms with Gasteiger partial charge >= 0.3 is 0 Å². The molecule has 0 aliphatic carbocycles. The molecule has 1 aromatic heterocycles. The molecule has 2 atom stereocenters. The smallest absolute Gasteiger partial charge is 0.240 e. The third kappa shape index (κ3) is 4.62. The zero-order valence-electron chi connectivity index (χ0n) is 20.4. The van der Waals surface area contributed by atoms with Crippen molar-refractivity contribution in [2.75, 3.05) is 33.7 Å². The fourth-order valence-electron chi connectivity index (χ4n) is 5.39. The van der Waals surface area contributed by atoms with Gasteiger partial charge < -0.3 is 9.80 Å². The molecule has 2 aliphatic rings. The normalized spacial score (nSPS) is 23.1. The fraction of sp³-hybridized carbons (Fsp3) is 0.481. The number of hydrogen-bond donors (Lipinski definition) is 0. The number of likely N-dealkylation sites (tertiary alicyclic amines) is 2. The molecule has 2 saturated heterocycles. The van der Waals surface area contributed by atoms with Gasteiger partial charge in [0.2, 0.25) is 17.7 Å². The second-order valence-electron chi connectivity index (χ2n) is 9.79. The van der Waals surface area contributed by atoms with Crippen molar-refractivity contribution >= 4 is 17.7 Å². The number of rotatable bonds is 7. The molecule has 0 saturated carbocycles. The number of aromatic nitrogens is 1. The van der Waals surface area contributed by atoms with Crippen LogP contribution in [0.3, 0.4) is 0 Å². The first-order valence-corrected chi connectivity index (χ1v) is 12.1. The number of carbonyl (C=O) groups is 3. The van der Waals surface area contributed by atoms with Crippen LogP contribution in [0.25, 0.3) is 0 Å². The van der Waals surface area contributed by atoms with Crippen LogP contribution in [-0.4, -0.2) is 71.1 Å². The van der Waals surface area contributed by atoms with E-state index in [9.17, 15) is 14.4 Å². The average Bonchev–Trinajstić information content (AvgIpc) is 3.07. The molecule has 0 radical (unpaired) electrons. The highest BCUT2D eigenvalue weighted by Gasteiger charge is 2.54.